The summed E-state index contributed by atoms with van der Waals surface area (Å²) in [5, 5.41) is 9.21. The Balaban J connectivity index is 1.94. The van der Waals surface area contributed by atoms with Gasteiger partial charge in [0, 0.05) is 24.7 Å². The summed E-state index contributed by atoms with van der Waals surface area (Å²) in [6, 6.07) is 7.83. The highest BCUT2D eigenvalue weighted by molar-refractivity contribution is 5.93. The minimum absolute atomic E-state index is 0.113. The van der Waals surface area contributed by atoms with Gasteiger partial charge < -0.3 is 10.0 Å². The molecule has 4 rings (SSSR count). The Labute approximate surface area is 154 Å². The van der Waals surface area contributed by atoms with E-state index >= 15 is 0 Å². The molecule has 1 aliphatic heterocycles. The van der Waals surface area contributed by atoms with Crippen LogP contribution in [0.5, 0.6) is 0 Å². The number of hydrogen-bond donors (Lipinski definition) is 1. The van der Waals surface area contributed by atoms with Gasteiger partial charge in [0.15, 0.2) is 5.82 Å². The van der Waals surface area contributed by atoms with Gasteiger partial charge in [-0.2, -0.15) is 0 Å². The van der Waals surface area contributed by atoms with Crippen molar-refractivity contribution in [2.45, 2.75) is 19.3 Å². The van der Waals surface area contributed by atoms with E-state index in [2.05, 4.69) is 9.97 Å². The van der Waals surface area contributed by atoms with E-state index in [1.165, 1.54) is 24.3 Å². The molecule has 0 saturated carbocycles. The number of carboxylic acids is 1. The third-order valence-electron chi connectivity index (χ3n) is 4.73. The van der Waals surface area contributed by atoms with Crippen LogP contribution >= 0.6 is 0 Å². The molecule has 138 valence electrons. The van der Waals surface area contributed by atoms with Crippen molar-refractivity contribution >= 4 is 22.8 Å². The first-order valence-electron chi connectivity index (χ1n) is 8.78. The molecule has 0 aliphatic carbocycles. The minimum Gasteiger partial charge on any atom is -0.478 e. The van der Waals surface area contributed by atoms with Gasteiger partial charge in [-0.25, -0.2) is 23.5 Å². The van der Waals surface area contributed by atoms with Crippen molar-refractivity contribution in [3.63, 3.8) is 0 Å². The number of anilines is 1. The average molecular weight is 369 g/mol. The summed E-state index contributed by atoms with van der Waals surface area (Å²) in [7, 11) is 0. The van der Waals surface area contributed by atoms with Crippen LogP contribution in [0.2, 0.25) is 0 Å². The van der Waals surface area contributed by atoms with Gasteiger partial charge in [0.05, 0.1) is 16.6 Å². The first kappa shape index (κ1) is 17.3. The molecule has 27 heavy (non-hydrogen) atoms. The van der Waals surface area contributed by atoms with Crippen LogP contribution in [-0.2, 0) is 0 Å². The topological polar surface area (TPSA) is 66.3 Å². The van der Waals surface area contributed by atoms with Gasteiger partial charge in [-0.3, -0.25) is 0 Å². The van der Waals surface area contributed by atoms with Crippen molar-refractivity contribution in [3.8, 4) is 11.3 Å². The Morgan fingerprint density at radius 2 is 1.74 bits per heavy atom. The minimum atomic E-state index is -1.05. The molecule has 0 atom stereocenters. The Morgan fingerprint density at radius 1 is 0.963 bits per heavy atom. The number of aromatic nitrogens is 2. The second-order valence-corrected chi connectivity index (χ2v) is 6.58. The molecule has 1 saturated heterocycles. The van der Waals surface area contributed by atoms with Crippen LogP contribution in [0.4, 0.5) is 14.6 Å². The van der Waals surface area contributed by atoms with Crippen LogP contribution in [0.15, 0.2) is 36.4 Å². The summed E-state index contributed by atoms with van der Waals surface area (Å²) in [6.45, 7) is 1.52. The van der Waals surface area contributed by atoms with Crippen molar-refractivity contribution in [1.29, 1.82) is 0 Å². The molecule has 1 N–H and O–H groups in total. The van der Waals surface area contributed by atoms with Crippen LogP contribution in [0.25, 0.3) is 22.3 Å². The largest absolute Gasteiger partial charge is 0.478 e. The summed E-state index contributed by atoms with van der Waals surface area (Å²) in [5.41, 5.74) is 1.52. The smallest absolute Gasteiger partial charge is 0.335 e. The number of nitrogens with zero attached hydrogens (tertiary/aromatic N) is 3. The molecule has 3 aromatic rings. The van der Waals surface area contributed by atoms with Crippen molar-refractivity contribution < 1.29 is 18.7 Å². The first-order valence-corrected chi connectivity index (χ1v) is 8.78. The fourth-order valence-electron chi connectivity index (χ4n) is 3.37. The third kappa shape index (κ3) is 3.32. The van der Waals surface area contributed by atoms with Gasteiger partial charge in [-0.05, 0) is 49.6 Å². The molecule has 7 heteroatoms. The van der Waals surface area contributed by atoms with Crippen LogP contribution in [0, 0.1) is 11.6 Å². The Bertz CT molecular complexity index is 1030. The van der Waals surface area contributed by atoms with Gasteiger partial charge in [-0.1, -0.05) is 0 Å². The predicted octanol–water partition coefficient (Wildman–Crippen LogP) is 4.26. The molecule has 1 fully saturated rings. The highest BCUT2D eigenvalue weighted by atomic mass is 19.1. The number of carboxylic acid groups (broad SMARTS) is 1. The quantitative estimate of drug-likeness (QED) is 0.747. The van der Waals surface area contributed by atoms with Gasteiger partial charge in [-0.15, -0.1) is 0 Å². The normalized spacial score (nSPS) is 14.5. The lowest BCUT2D eigenvalue weighted by atomic mass is 10.1. The van der Waals surface area contributed by atoms with Crippen molar-refractivity contribution in [1.82, 2.24) is 9.97 Å². The monoisotopic (exact) mass is 369 g/mol. The molecule has 1 aliphatic rings. The number of aromatic carboxylic acids is 1. The molecule has 2 aromatic carbocycles. The number of piperidine rings is 1. The van der Waals surface area contributed by atoms with E-state index in [4.69, 9.17) is 0 Å². The molecule has 0 amide bonds. The van der Waals surface area contributed by atoms with Crippen molar-refractivity contribution in [2.24, 2.45) is 0 Å². The van der Waals surface area contributed by atoms with Gasteiger partial charge in [0.25, 0.3) is 0 Å². The zero-order valence-corrected chi connectivity index (χ0v) is 14.5. The second kappa shape index (κ2) is 6.90. The lowest BCUT2D eigenvalue weighted by Gasteiger charge is -2.29. The molecular weight excluding hydrogens is 352 g/mol. The molecule has 2 heterocycles. The van der Waals surface area contributed by atoms with Crippen LogP contribution in [0.1, 0.15) is 29.6 Å². The van der Waals surface area contributed by atoms with E-state index in [0.717, 1.165) is 38.4 Å². The molecule has 5 nitrogen and oxygen atoms in total. The fourth-order valence-corrected chi connectivity index (χ4v) is 3.37. The Hall–Kier alpha value is -3.09. The predicted molar refractivity (Wildman–Crippen MR) is 97.9 cm³/mol. The lowest BCUT2D eigenvalue weighted by Crippen LogP contribution is -2.31. The highest BCUT2D eigenvalue weighted by Crippen LogP contribution is 2.33. The average Bonchev–Trinajstić information content (AvgIpc) is 2.67. The summed E-state index contributed by atoms with van der Waals surface area (Å²) >= 11 is 0. The zero-order chi connectivity index (χ0) is 19.0. The van der Waals surface area contributed by atoms with Crippen molar-refractivity contribution in [2.75, 3.05) is 18.0 Å². The van der Waals surface area contributed by atoms with E-state index < -0.39 is 17.6 Å². The van der Waals surface area contributed by atoms with E-state index in [-0.39, 0.29) is 11.1 Å². The standard InChI is InChI=1S/C20H17F2N3O2/c21-13-5-6-14(15(22)11-13)18-19(25-8-2-1-3-9-25)24-17-10-12(20(26)27)4-7-16(17)23-18/h4-7,10-11H,1-3,8-9H2,(H,26,27). The first-order chi connectivity index (χ1) is 13.0. The fraction of sp³-hybridized carbons (Fsp3) is 0.250. The lowest BCUT2D eigenvalue weighted by molar-refractivity contribution is 0.0697. The number of rotatable bonds is 3. The molecule has 0 radical (unpaired) electrons. The Kier molecular flexibility index (Phi) is 4.43. The van der Waals surface area contributed by atoms with E-state index in [1.807, 2.05) is 4.90 Å². The van der Waals surface area contributed by atoms with Crippen molar-refractivity contribution in [3.05, 3.63) is 53.6 Å². The van der Waals surface area contributed by atoms with E-state index in [0.29, 0.717) is 22.5 Å². The number of hydrogen-bond acceptors (Lipinski definition) is 4. The van der Waals surface area contributed by atoms with Crippen LogP contribution in [0.3, 0.4) is 0 Å². The van der Waals surface area contributed by atoms with Crippen LogP contribution in [-0.4, -0.2) is 34.1 Å². The Morgan fingerprint density at radius 3 is 2.44 bits per heavy atom. The zero-order valence-electron chi connectivity index (χ0n) is 14.5. The van der Waals surface area contributed by atoms with E-state index in [9.17, 15) is 18.7 Å². The van der Waals surface area contributed by atoms with Gasteiger partial charge in [0.2, 0.25) is 0 Å². The summed E-state index contributed by atoms with van der Waals surface area (Å²) in [4.78, 5) is 22.5. The van der Waals surface area contributed by atoms with E-state index in [1.54, 1.807) is 6.07 Å². The number of carbonyl (C=O) groups is 1. The number of fused-ring (bicyclic) bond motifs is 1. The molecule has 0 bridgehead atoms. The summed E-state index contributed by atoms with van der Waals surface area (Å²) in [6.07, 6.45) is 3.08. The summed E-state index contributed by atoms with van der Waals surface area (Å²) in [5.74, 6) is -1.91. The van der Waals surface area contributed by atoms with Gasteiger partial charge in [0.1, 0.15) is 17.3 Å². The molecule has 1 aromatic heterocycles. The van der Waals surface area contributed by atoms with Crippen LogP contribution < -0.4 is 4.90 Å². The molecule has 0 unspecified atom stereocenters. The van der Waals surface area contributed by atoms with Gasteiger partial charge >= 0.3 is 5.97 Å². The maximum Gasteiger partial charge on any atom is 0.335 e. The SMILES string of the molecule is O=C(O)c1ccc2nc(-c3ccc(F)cc3F)c(N3CCCCC3)nc2c1. The third-order valence-corrected chi connectivity index (χ3v) is 4.73. The maximum atomic E-state index is 14.4. The molecule has 0 spiro atoms. The highest BCUT2D eigenvalue weighted by Gasteiger charge is 2.22. The number of halogens is 2. The maximum absolute atomic E-state index is 14.4. The molecular formula is C20H17F2N3O2. The summed E-state index contributed by atoms with van der Waals surface area (Å²) < 4.78 is 27.8. The number of benzene rings is 2. The second-order valence-electron chi connectivity index (χ2n) is 6.58.